The van der Waals surface area contributed by atoms with Crippen molar-refractivity contribution in [2.45, 2.75) is 13.0 Å². The standard InChI is InChI=1S/C12H11NO3S/c1-8(9-3-2-5-13-7-9)16-10-4-6-17-11(10)12(14)15/h2-8H,1H3,(H,14,15). The predicted molar refractivity (Wildman–Crippen MR) is 64.6 cm³/mol. The van der Waals surface area contributed by atoms with Crippen LogP contribution in [-0.2, 0) is 0 Å². The Balaban J connectivity index is 2.16. The van der Waals surface area contributed by atoms with E-state index in [2.05, 4.69) is 4.98 Å². The summed E-state index contributed by atoms with van der Waals surface area (Å²) in [5, 5.41) is 10.7. The Kier molecular flexibility index (Phi) is 3.39. The number of hydrogen-bond acceptors (Lipinski definition) is 4. The molecule has 0 aliphatic heterocycles. The zero-order chi connectivity index (χ0) is 12.3. The van der Waals surface area contributed by atoms with Gasteiger partial charge in [-0.1, -0.05) is 6.07 Å². The topological polar surface area (TPSA) is 59.4 Å². The monoisotopic (exact) mass is 249 g/mol. The summed E-state index contributed by atoms with van der Waals surface area (Å²) in [6.45, 7) is 1.86. The fraction of sp³-hybridized carbons (Fsp3) is 0.167. The molecular weight excluding hydrogens is 238 g/mol. The lowest BCUT2D eigenvalue weighted by atomic mass is 10.2. The van der Waals surface area contributed by atoms with E-state index in [1.165, 1.54) is 0 Å². The summed E-state index contributed by atoms with van der Waals surface area (Å²) in [5.41, 5.74) is 0.912. The molecule has 0 fully saturated rings. The molecule has 0 bridgehead atoms. The second kappa shape index (κ2) is 4.97. The molecule has 88 valence electrons. The number of hydrogen-bond donors (Lipinski definition) is 1. The fourth-order valence-electron chi connectivity index (χ4n) is 1.42. The van der Waals surface area contributed by atoms with Gasteiger partial charge in [-0.3, -0.25) is 4.98 Å². The maximum Gasteiger partial charge on any atom is 0.349 e. The second-order valence-electron chi connectivity index (χ2n) is 3.47. The highest BCUT2D eigenvalue weighted by atomic mass is 32.1. The van der Waals surface area contributed by atoms with Crippen molar-refractivity contribution in [3.05, 3.63) is 46.4 Å². The second-order valence-corrected chi connectivity index (χ2v) is 4.38. The number of carboxylic acids is 1. The summed E-state index contributed by atoms with van der Waals surface area (Å²) >= 11 is 1.15. The fourth-order valence-corrected chi connectivity index (χ4v) is 2.08. The molecule has 5 heteroatoms. The SMILES string of the molecule is CC(Oc1ccsc1C(=O)O)c1cccnc1. The minimum atomic E-state index is -0.964. The lowest BCUT2D eigenvalue weighted by Gasteiger charge is -2.13. The van der Waals surface area contributed by atoms with E-state index >= 15 is 0 Å². The third-order valence-electron chi connectivity index (χ3n) is 2.28. The van der Waals surface area contributed by atoms with Gasteiger partial charge in [0, 0.05) is 18.0 Å². The third kappa shape index (κ3) is 2.62. The minimum absolute atomic E-state index is 0.223. The first-order chi connectivity index (χ1) is 8.18. The summed E-state index contributed by atoms with van der Waals surface area (Å²) in [4.78, 5) is 15.1. The van der Waals surface area contributed by atoms with Crippen molar-refractivity contribution in [3.8, 4) is 5.75 Å². The first kappa shape index (κ1) is 11.6. The lowest BCUT2D eigenvalue weighted by molar-refractivity contribution is 0.0696. The number of rotatable bonds is 4. The first-order valence-electron chi connectivity index (χ1n) is 5.06. The highest BCUT2D eigenvalue weighted by Gasteiger charge is 2.16. The predicted octanol–water partition coefficient (Wildman–Crippen LogP) is 2.98. The summed E-state index contributed by atoms with van der Waals surface area (Å²) < 4.78 is 5.62. The molecule has 1 N–H and O–H groups in total. The van der Waals surface area contributed by atoms with Crippen LogP contribution in [0.2, 0.25) is 0 Å². The van der Waals surface area contributed by atoms with Gasteiger partial charge in [-0.05, 0) is 24.4 Å². The van der Waals surface area contributed by atoms with E-state index in [1.807, 2.05) is 19.1 Å². The van der Waals surface area contributed by atoms with Crippen LogP contribution >= 0.6 is 11.3 Å². The molecule has 0 radical (unpaired) electrons. The Morgan fingerprint density at radius 2 is 2.35 bits per heavy atom. The van der Waals surface area contributed by atoms with Gasteiger partial charge in [0.15, 0.2) is 4.88 Å². The largest absolute Gasteiger partial charge is 0.484 e. The summed E-state index contributed by atoms with van der Waals surface area (Å²) in [6, 6.07) is 5.38. The van der Waals surface area contributed by atoms with Gasteiger partial charge in [0.25, 0.3) is 0 Å². The molecule has 0 aromatic carbocycles. The number of aromatic nitrogens is 1. The van der Waals surface area contributed by atoms with Gasteiger partial charge < -0.3 is 9.84 Å². The highest BCUT2D eigenvalue weighted by molar-refractivity contribution is 7.12. The summed E-state index contributed by atoms with van der Waals surface area (Å²) in [6.07, 6.45) is 3.16. The van der Waals surface area contributed by atoms with Crippen molar-refractivity contribution >= 4 is 17.3 Å². The molecule has 0 aliphatic carbocycles. The van der Waals surface area contributed by atoms with Crippen molar-refractivity contribution in [1.82, 2.24) is 4.98 Å². The average molecular weight is 249 g/mol. The minimum Gasteiger partial charge on any atom is -0.484 e. The maximum atomic E-state index is 10.9. The van der Waals surface area contributed by atoms with E-state index in [1.54, 1.807) is 23.8 Å². The van der Waals surface area contributed by atoms with Gasteiger partial charge in [-0.2, -0.15) is 0 Å². The molecule has 2 heterocycles. The normalized spacial score (nSPS) is 12.1. The Morgan fingerprint density at radius 1 is 1.53 bits per heavy atom. The average Bonchev–Trinajstić information content (AvgIpc) is 2.78. The van der Waals surface area contributed by atoms with E-state index in [9.17, 15) is 4.79 Å². The summed E-state index contributed by atoms with van der Waals surface area (Å²) in [5.74, 6) is -0.563. The zero-order valence-electron chi connectivity index (χ0n) is 9.16. The number of ether oxygens (including phenoxy) is 1. The van der Waals surface area contributed by atoms with Gasteiger partial charge in [0.2, 0.25) is 0 Å². The Labute approximate surface area is 103 Å². The molecule has 0 amide bonds. The molecule has 1 atom stereocenters. The van der Waals surface area contributed by atoms with E-state index in [4.69, 9.17) is 9.84 Å². The van der Waals surface area contributed by atoms with Gasteiger partial charge in [-0.15, -0.1) is 11.3 Å². The molecule has 0 saturated heterocycles. The Hall–Kier alpha value is -1.88. The Morgan fingerprint density at radius 3 is 3.00 bits per heavy atom. The van der Waals surface area contributed by atoms with Gasteiger partial charge >= 0.3 is 5.97 Å². The van der Waals surface area contributed by atoms with Crippen LogP contribution in [0.4, 0.5) is 0 Å². The number of carbonyl (C=O) groups is 1. The van der Waals surface area contributed by atoms with Gasteiger partial charge in [-0.25, -0.2) is 4.79 Å². The zero-order valence-corrected chi connectivity index (χ0v) is 9.98. The quantitative estimate of drug-likeness (QED) is 0.904. The van der Waals surface area contributed by atoms with Gasteiger partial charge in [0.1, 0.15) is 11.9 Å². The van der Waals surface area contributed by atoms with Crippen LogP contribution in [0.25, 0.3) is 0 Å². The van der Waals surface area contributed by atoms with Crippen LogP contribution < -0.4 is 4.74 Å². The molecule has 2 aromatic heterocycles. The van der Waals surface area contributed by atoms with Crippen LogP contribution in [-0.4, -0.2) is 16.1 Å². The van der Waals surface area contributed by atoms with Crippen molar-refractivity contribution < 1.29 is 14.6 Å². The van der Waals surface area contributed by atoms with Crippen molar-refractivity contribution in [2.75, 3.05) is 0 Å². The molecule has 4 nitrogen and oxygen atoms in total. The molecule has 0 aliphatic rings. The number of aromatic carboxylic acids is 1. The van der Waals surface area contributed by atoms with Gasteiger partial charge in [0.05, 0.1) is 0 Å². The smallest absolute Gasteiger partial charge is 0.349 e. The summed E-state index contributed by atoms with van der Waals surface area (Å²) in [7, 11) is 0. The van der Waals surface area contributed by atoms with E-state index in [-0.39, 0.29) is 11.0 Å². The van der Waals surface area contributed by atoms with Crippen LogP contribution in [0.1, 0.15) is 28.3 Å². The molecule has 17 heavy (non-hydrogen) atoms. The highest BCUT2D eigenvalue weighted by Crippen LogP contribution is 2.29. The molecule has 0 spiro atoms. The van der Waals surface area contributed by atoms with Crippen molar-refractivity contribution in [1.29, 1.82) is 0 Å². The molecule has 2 aromatic rings. The Bertz CT molecular complexity index is 509. The molecule has 0 saturated carbocycles. The van der Waals surface area contributed by atoms with E-state index < -0.39 is 5.97 Å². The first-order valence-corrected chi connectivity index (χ1v) is 5.94. The molecule has 2 rings (SSSR count). The van der Waals surface area contributed by atoms with Crippen molar-refractivity contribution in [3.63, 3.8) is 0 Å². The van der Waals surface area contributed by atoms with Crippen LogP contribution in [0.5, 0.6) is 5.75 Å². The number of nitrogens with zero attached hydrogens (tertiary/aromatic N) is 1. The number of thiophene rings is 1. The third-order valence-corrected chi connectivity index (χ3v) is 3.16. The molecule has 1 unspecified atom stereocenters. The van der Waals surface area contributed by atoms with E-state index in [0.29, 0.717) is 5.75 Å². The van der Waals surface area contributed by atoms with Crippen molar-refractivity contribution in [2.24, 2.45) is 0 Å². The molecular formula is C12H11NO3S. The van der Waals surface area contributed by atoms with Crippen LogP contribution in [0.15, 0.2) is 36.0 Å². The number of carboxylic acid groups (broad SMARTS) is 1. The lowest BCUT2D eigenvalue weighted by Crippen LogP contribution is -2.05. The maximum absolute atomic E-state index is 10.9. The van der Waals surface area contributed by atoms with Crippen LogP contribution in [0, 0.1) is 0 Å². The van der Waals surface area contributed by atoms with E-state index in [0.717, 1.165) is 16.9 Å². The number of pyridine rings is 1. The van der Waals surface area contributed by atoms with Crippen LogP contribution in [0.3, 0.4) is 0 Å².